The number of rotatable bonds is 4. The zero-order chi connectivity index (χ0) is 18.0. The van der Waals surface area contributed by atoms with Gasteiger partial charge in [0.05, 0.1) is 25.3 Å². The van der Waals surface area contributed by atoms with E-state index in [4.69, 9.17) is 21.7 Å². The van der Waals surface area contributed by atoms with E-state index in [0.717, 1.165) is 22.1 Å². The Morgan fingerprint density at radius 2 is 1.92 bits per heavy atom. The Bertz CT molecular complexity index is 876. The number of hydrogen-bond donors (Lipinski definition) is 2. The van der Waals surface area contributed by atoms with Gasteiger partial charge in [-0.05, 0) is 60.6 Å². The maximum Gasteiger partial charge on any atom is 0.338 e. The van der Waals surface area contributed by atoms with Crippen LogP contribution in [0.5, 0.6) is 5.75 Å². The van der Waals surface area contributed by atoms with Crippen LogP contribution in [-0.4, -0.2) is 24.8 Å². The minimum absolute atomic E-state index is 0.324. The quantitative estimate of drug-likeness (QED) is 0.648. The molecule has 1 heterocycles. The molecule has 6 heteroatoms. The summed E-state index contributed by atoms with van der Waals surface area (Å²) >= 11 is 5.27. The minimum atomic E-state index is -0.348. The lowest BCUT2D eigenvalue weighted by atomic mass is 9.94. The lowest BCUT2D eigenvalue weighted by Gasteiger charge is -2.30. The van der Waals surface area contributed by atoms with Gasteiger partial charge in [-0.2, -0.15) is 0 Å². The fraction of sp³-hybridized carbons (Fsp3) is 0.263. The Hall–Kier alpha value is -2.60. The van der Waals surface area contributed by atoms with Gasteiger partial charge in [0.1, 0.15) is 5.75 Å². The number of benzene rings is 2. The molecule has 1 aliphatic heterocycles. The van der Waals surface area contributed by atoms with Gasteiger partial charge >= 0.3 is 5.97 Å². The number of nitrogens with one attached hydrogen (secondary N) is 2. The van der Waals surface area contributed by atoms with Crippen LogP contribution in [0.4, 0.5) is 0 Å². The van der Waals surface area contributed by atoms with Gasteiger partial charge < -0.3 is 20.1 Å². The number of esters is 1. The number of carbonyl (C=O) groups excluding carboxylic acids is 1. The van der Waals surface area contributed by atoms with E-state index < -0.39 is 0 Å². The number of allylic oxidation sites excluding steroid dienone is 1. The van der Waals surface area contributed by atoms with Crippen molar-refractivity contribution in [2.75, 3.05) is 13.7 Å². The summed E-state index contributed by atoms with van der Waals surface area (Å²) in [7, 11) is 1.65. The van der Waals surface area contributed by atoms with Gasteiger partial charge in [0, 0.05) is 5.70 Å². The first kappa shape index (κ1) is 17.2. The van der Waals surface area contributed by atoms with Crippen molar-refractivity contribution in [3.8, 4) is 5.75 Å². The number of ether oxygens (including phenoxy) is 2. The largest absolute Gasteiger partial charge is 0.497 e. The summed E-state index contributed by atoms with van der Waals surface area (Å²) < 4.78 is 10.5. The maximum absolute atomic E-state index is 12.4. The molecule has 2 N–H and O–H groups in total. The van der Waals surface area contributed by atoms with Crippen LogP contribution < -0.4 is 15.4 Å². The summed E-state index contributed by atoms with van der Waals surface area (Å²) in [5.41, 5.74) is 2.20. The highest BCUT2D eigenvalue weighted by molar-refractivity contribution is 7.80. The lowest BCUT2D eigenvalue weighted by molar-refractivity contribution is -0.139. The highest BCUT2D eigenvalue weighted by Gasteiger charge is 2.30. The second-order valence-electron chi connectivity index (χ2n) is 5.76. The average Bonchev–Trinajstić information content (AvgIpc) is 2.60. The summed E-state index contributed by atoms with van der Waals surface area (Å²) in [4.78, 5) is 12.4. The van der Waals surface area contributed by atoms with Crippen molar-refractivity contribution in [1.29, 1.82) is 0 Å². The minimum Gasteiger partial charge on any atom is -0.497 e. The number of fused-ring (bicyclic) bond motifs is 1. The van der Waals surface area contributed by atoms with Gasteiger partial charge in [0.15, 0.2) is 5.11 Å². The third-order valence-electron chi connectivity index (χ3n) is 4.17. The standard InChI is InChI=1S/C19H20N2O3S/c1-4-24-18(22)16-11(2)20-19(25)21-17(16)14-6-5-13-10-15(23-3)8-7-12(13)9-14/h5-10,17H,4H2,1-3H3,(H2,20,21,25)/t17-/m0/s1. The third kappa shape index (κ3) is 3.44. The molecule has 0 saturated carbocycles. The van der Waals surface area contributed by atoms with Crippen molar-refractivity contribution >= 4 is 34.1 Å². The predicted octanol–water partition coefficient (Wildman–Crippen LogP) is 3.20. The predicted molar refractivity (Wildman–Crippen MR) is 101 cm³/mol. The average molecular weight is 356 g/mol. The van der Waals surface area contributed by atoms with Crippen LogP contribution in [0.2, 0.25) is 0 Å². The van der Waals surface area contributed by atoms with Crippen LogP contribution in [0.3, 0.4) is 0 Å². The van der Waals surface area contributed by atoms with Gasteiger partial charge in [-0.3, -0.25) is 0 Å². The summed E-state index contributed by atoms with van der Waals surface area (Å²) in [5.74, 6) is 0.465. The molecule has 0 saturated heterocycles. The Kier molecular flexibility index (Phi) is 4.90. The third-order valence-corrected chi connectivity index (χ3v) is 4.39. The van der Waals surface area contributed by atoms with Crippen molar-refractivity contribution in [3.63, 3.8) is 0 Å². The van der Waals surface area contributed by atoms with E-state index in [1.165, 1.54) is 0 Å². The van der Waals surface area contributed by atoms with Crippen LogP contribution in [0, 0.1) is 0 Å². The van der Waals surface area contributed by atoms with E-state index in [9.17, 15) is 4.79 Å². The van der Waals surface area contributed by atoms with E-state index in [1.807, 2.05) is 43.3 Å². The van der Waals surface area contributed by atoms with Crippen LogP contribution >= 0.6 is 12.2 Å². The Morgan fingerprint density at radius 1 is 1.20 bits per heavy atom. The Balaban J connectivity index is 2.05. The SMILES string of the molecule is CCOC(=O)C1=C(C)NC(=S)N[C@H]1c1ccc2cc(OC)ccc2c1. The number of thiocarbonyl (C=S) groups is 1. The molecule has 0 radical (unpaired) electrons. The van der Waals surface area contributed by atoms with Crippen LogP contribution in [0.15, 0.2) is 47.7 Å². The molecule has 130 valence electrons. The highest BCUT2D eigenvalue weighted by atomic mass is 32.1. The fourth-order valence-electron chi connectivity index (χ4n) is 2.97. The number of carbonyl (C=O) groups is 1. The van der Waals surface area contributed by atoms with Gasteiger partial charge in [0.2, 0.25) is 0 Å². The van der Waals surface area contributed by atoms with Crippen LogP contribution in [0.25, 0.3) is 10.8 Å². The first-order valence-corrected chi connectivity index (χ1v) is 8.47. The molecule has 0 aromatic heterocycles. The second kappa shape index (κ2) is 7.11. The summed E-state index contributed by atoms with van der Waals surface area (Å²) in [6.07, 6.45) is 0. The smallest absolute Gasteiger partial charge is 0.338 e. The molecule has 1 aliphatic rings. The zero-order valence-electron chi connectivity index (χ0n) is 14.4. The topological polar surface area (TPSA) is 59.6 Å². The maximum atomic E-state index is 12.4. The molecule has 0 unspecified atom stereocenters. The van der Waals surface area contributed by atoms with Crippen molar-refractivity contribution in [2.45, 2.75) is 19.9 Å². The molecule has 2 aromatic rings. The second-order valence-corrected chi connectivity index (χ2v) is 6.17. The van der Waals surface area contributed by atoms with E-state index in [1.54, 1.807) is 14.0 Å². The number of hydrogen-bond acceptors (Lipinski definition) is 4. The highest BCUT2D eigenvalue weighted by Crippen LogP contribution is 2.30. The molecule has 5 nitrogen and oxygen atoms in total. The van der Waals surface area contributed by atoms with Crippen LogP contribution in [0.1, 0.15) is 25.5 Å². The fourth-order valence-corrected chi connectivity index (χ4v) is 3.24. The molecule has 1 atom stereocenters. The van der Waals surface area contributed by atoms with Gasteiger partial charge in [-0.1, -0.05) is 18.2 Å². The van der Waals surface area contributed by atoms with E-state index in [0.29, 0.717) is 23.0 Å². The molecular formula is C19H20N2O3S. The molecule has 25 heavy (non-hydrogen) atoms. The van der Waals surface area contributed by atoms with Gasteiger partial charge in [-0.15, -0.1) is 0 Å². The van der Waals surface area contributed by atoms with Gasteiger partial charge in [0.25, 0.3) is 0 Å². The van der Waals surface area contributed by atoms with Crippen molar-refractivity contribution in [3.05, 3.63) is 53.2 Å². The van der Waals surface area contributed by atoms with E-state index in [2.05, 4.69) is 10.6 Å². The summed E-state index contributed by atoms with van der Waals surface area (Å²) in [6.45, 7) is 3.95. The Labute approximate surface area is 152 Å². The molecule has 0 fully saturated rings. The van der Waals surface area contributed by atoms with Crippen molar-refractivity contribution in [2.24, 2.45) is 0 Å². The summed E-state index contributed by atoms with van der Waals surface area (Å²) in [6, 6.07) is 11.6. The van der Waals surface area contributed by atoms with Crippen LogP contribution in [-0.2, 0) is 9.53 Å². The monoisotopic (exact) mass is 356 g/mol. The van der Waals surface area contributed by atoms with Crippen molar-refractivity contribution in [1.82, 2.24) is 10.6 Å². The molecule has 0 spiro atoms. The molecule has 0 aliphatic carbocycles. The van der Waals surface area contributed by atoms with Gasteiger partial charge in [-0.25, -0.2) is 4.79 Å². The molecule has 3 rings (SSSR count). The Morgan fingerprint density at radius 3 is 2.64 bits per heavy atom. The van der Waals surface area contributed by atoms with E-state index in [-0.39, 0.29) is 12.0 Å². The zero-order valence-corrected chi connectivity index (χ0v) is 15.2. The molecular weight excluding hydrogens is 336 g/mol. The normalized spacial score (nSPS) is 17.1. The van der Waals surface area contributed by atoms with Crippen molar-refractivity contribution < 1.29 is 14.3 Å². The molecule has 0 amide bonds. The first-order valence-electron chi connectivity index (χ1n) is 8.06. The number of methoxy groups -OCH3 is 1. The first-order chi connectivity index (χ1) is 12.0. The molecule has 2 aromatic carbocycles. The molecule has 0 bridgehead atoms. The summed E-state index contributed by atoms with van der Waals surface area (Å²) in [5, 5.41) is 8.80. The van der Waals surface area contributed by atoms with E-state index >= 15 is 0 Å². The lowest BCUT2D eigenvalue weighted by Crippen LogP contribution is -2.45.